The SMILES string of the molecule is CC(C)(C)OC(=O)NCCCCC(NC(=O)OCc1ccccc1)C(O)c1noc(Cc2ccc(C(=O)O)cc2)n1. The van der Waals surface area contributed by atoms with Crippen LogP contribution in [-0.4, -0.2) is 56.7 Å². The standard InChI is InChI=1S/C29H36N4O8/c1-29(2,3)40-27(37)30-16-8-7-11-22(31-28(38)39-18-20-9-5-4-6-10-20)24(34)25-32-23(41-33-25)17-19-12-14-21(15-13-19)26(35)36/h4-6,9-10,12-15,22,24,34H,7-8,11,16-18H2,1-3H3,(H,30,37)(H,31,38)(H,35,36). The third-order valence-corrected chi connectivity index (χ3v) is 5.81. The van der Waals surface area contributed by atoms with Crippen LogP contribution in [0.1, 0.15) is 79.3 Å². The lowest BCUT2D eigenvalue weighted by atomic mass is 10.0. The van der Waals surface area contributed by atoms with E-state index in [1.165, 1.54) is 12.1 Å². The molecule has 0 aliphatic carbocycles. The molecule has 0 saturated carbocycles. The molecule has 3 rings (SSSR count). The Kier molecular flexibility index (Phi) is 11.2. The van der Waals surface area contributed by atoms with E-state index in [0.29, 0.717) is 25.8 Å². The maximum Gasteiger partial charge on any atom is 0.407 e. The molecule has 0 saturated heterocycles. The molecule has 0 aliphatic heterocycles. The van der Waals surface area contributed by atoms with Crippen LogP contribution in [0.5, 0.6) is 0 Å². The monoisotopic (exact) mass is 568 g/mol. The van der Waals surface area contributed by atoms with Gasteiger partial charge in [-0.2, -0.15) is 4.98 Å². The summed E-state index contributed by atoms with van der Waals surface area (Å²) < 4.78 is 15.8. The number of aromatic nitrogens is 2. The van der Waals surface area contributed by atoms with Gasteiger partial charge in [0.2, 0.25) is 11.7 Å². The molecule has 3 aromatic rings. The highest BCUT2D eigenvalue weighted by Gasteiger charge is 2.28. The number of rotatable bonds is 13. The van der Waals surface area contributed by atoms with Gasteiger partial charge in [-0.3, -0.25) is 0 Å². The number of aliphatic hydroxyl groups is 1. The van der Waals surface area contributed by atoms with Crippen molar-refractivity contribution < 1.29 is 38.6 Å². The van der Waals surface area contributed by atoms with Gasteiger partial charge in [-0.1, -0.05) is 47.6 Å². The molecule has 2 atom stereocenters. The van der Waals surface area contributed by atoms with E-state index in [4.69, 9.17) is 19.1 Å². The zero-order chi connectivity index (χ0) is 29.8. The Bertz CT molecular complexity index is 1270. The minimum atomic E-state index is -1.30. The summed E-state index contributed by atoms with van der Waals surface area (Å²) in [6, 6.07) is 14.6. The summed E-state index contributed by atoms with van der Waals surface area (Å²) in [6.07, 6.45) is -0.874. The number of carboxylic acid groups (broad SMARTS) is 1. The molecule has 2 aromatic carbocycles. The van der Waals surface area contributed by atoms with E-state index in [-0.39, 0.29) is 30.3 Å². The van der Waals surface area contributed by atoms with Crippen molar-refractivity contribution in [3.63, 3.8) is 0 Å². The van der Waals surface area contributed by atoms with Gasteiger partial charge in [0.1, 0.15) is 18.3 Å². The lowest BCUT2D eigenvalue weighted by Crippen LogP contribution is -2.40. The van der Waals surface area contributed by atoms with Crippen LogP contribution in [0.3, 0.4) is 0 Å². The minimum Gasteiger partial charge on any atom is -0.478 e. The first-order valence-corrected chi connectivity index (χ1v) is 13.3. The number of alkyl carbamates (subject to hydrolysis) is 2. The molecule has 1 heterocycles. The first-order chi connectivity index (χ1) is 19.5. The van der Waals surface area contributed by atoms with Gasteiger partial charge in [-0.15, -0.1) is 0 Å². The summed E-state index contributed by atoms with van der Waals surface area (Å²) in [5.41, 5.74) is 1.11. The number of aliphatic hydroxyl groups excluding tert-OH is 1. The first kappa shape index (κ1) is 31.1. The number of carboxylic acids is 1. The molecule has 0 radical (unpaired) electrons. The van der Waals surface area contributed by atoms with E-state index in [9.17, 15) is 19.5 Å². The Morgan fingerprint density at radius 2 is 1.68 bits per heavy atom. The number of hydrogen-bond donors (Lipinski definition) is 4. The van der Waals surface area contributed by atoms with Crippen molar-refractivity contribution in [2.45, 2.75) is 70.8 Å². The average Bonchev–Trinajstić information content (AvgIpc) is 3.39. The predicted octanol–water partition coefficient (Wildman–Crippen LogP) is 4.38. The average molecular weight is 569 g/mol. The highest BCUT2D eigenvalue weighted by molar-refractivity contribution is 5.87. The van der Waals surface area contributed by atoms with Crippen LogP contribution in [0.4, 0.5) is 9.59 Å². The molecule has 12 nitrogen and oxygen atoms in total. The number of hydrogen-bond acceptors (Lipinski definition) is 9. The van der Waals surface area contributed by atoms with Crippen LogP contribution >= 0.6 is 0 Å². The normalized spacial score (nSPS) is 12.7. The van der Waals surface area contributed by atoms with Gasteiger partial charge in [0.05, 0.1) is 18.0 Å². The lowest BCUT2D eigenvalue weighted by Gasteiger charge is -2.22. The summed E-state index contributed by atoms with van der Waals surface area (Å²) in [5, 5.41) is 29.4. The fourth-order valence-electron chi connectivity index (χ4n) is 3.80. The van der Waals surface area contributed by atoms with Crippen LogP contribution in [0.2, 0.25) is 0 Å². The van der Waals surface area contributed by atoms with E-state index in [1.54, 1.807) is 32.9 Å². The van der Waals surface area contributed by atoms with Crippen LogP contribution in [0, 0.1) is 0 Å². The van der Waals surface area contributed by atoms with E-state index in [1.807, 2.05) is 30.3 Å². The second kappa shape index (κ2) is 14.8. The van der Waals surface area contributed by atoms with Crippen LogP contribution in [0.15, 0.2) is 59.1 Å². The molecular formula is C29H36N4O8. The molecule has 4 N–H and O–H groups in total. The second-order valence-electron chi connectivity index (χ2n) is 10.4. The number of nitrogens with one attached hydrogen (secondary N) is 2. The maximum atomic E-state index is 12.6. The fraction of sp³-hybridized carbons (Fsp3) is 0.414. The van der Waals surface area contributed by atoms with Crippen LogP contribution < -0.4 is 10.6 Å². The Morgan fingerprint density at radius 3 is 2.34 bits per heavy atom. The number of nitrogens with zero attached hydrogens (tertiary/aromatic N) is 2. The van der Waals surface area contributed by atoms with Crippen molar-refractivity contribution in [3.05, 3.63) is 83.0 Å². The Balaban J connectivity index is 1.60. The molecule has 0 aliphatic rings. The van der Waals surface area contributed by atoms with Crippen molar-refractivity contribution in [2.24, 2.45) is 0 Å². The number of amides is 2. The molecule has 220 valence electrons. The number of benzene rings is 2. The third-order valence-electron chi connectivity index (χ3n) is 5.81. The van der Waals surface area contributed by atoms with Crippen molar-refractivity contribution in [1.82, 2.24) is 20.8 Å². The molecule has 1 aromatic heterocycles. The first-order valence-electron chi connectivity index (χ1n) is 13.3. The predicted molar refractivity (Wildman–Crippen MR) is 147 cm³/mol. The number of aromatic carboxylic acids is 1. The highest BCUT2D eigenvalue weighted by Crippen LogP contribution is 2.20. The molecule has 12 heteroatoms. The zero-order valence-electron chi connectivity index (χ0n) is 23.3. The van der Waals surface area contributed by atoms with Gasteiger partial charge in [0, 0.05) is 6.54 Å². The third kappa shape index (κ3) is 10.9. The molecule has 0 spiro atoms. The summed E-state index contributed by atoms with van der Waals surface area (Å²) in [6.45, 7) is 5.74. The lowest BCUT2D eigenvalue weighted by molar-refractivity contribution is 0.0525. The maximum absolute atomic E-state index is 12.6. The molecular weight excluding hydrogens is 532 g/mol. The smallest absolute Gasteiger partial charge is 0.407 e. The van der Waals surface area contributed by atoms with Gasteiger partial charge in [-0.25, -0.2) is 14.4 Å². The molecule has 0 bridgehead atoms. The van der Waals surface area contributed by atoms with Crippen LogP contribution in [-0.2, 0) is 22.5 Å². The van der Waals surface area contributed by atoms with Gasteiger partial charge in [0.25, 0.3) is 0 Å². The largest absolute Gasteiger partial charge is 0.478 e. The summed E-state index contributed by atoms with van der Waals surface area (Å²) in [4.78, 5) is 39.8. The zero-order valence-corrected chi connectivity index (χ0v) is 23.3. The second-order valence-corrected chi connectivity index (χ2v) is 10.4. The Hall–Kier alpha value is -4.45. The molecule has 2 unspecified atom stereocenters. The topological polar surface area (TPSA) is 173 Å². The van der Waals surface area contributed by atoms with Crippen molar-refractivity contribution in [2.75, 3.05) is 6.54 Å². The summed E-state index contributed by atoms with van der Waals surface area (Å²) >= 11 is 0. The highest BCUT2D eigenvalue weighted by atomic mass is 16.6. The van der Waals surface area contributed by atoms with E-state index in [0.717, 1.165) is 11.1 Å². The van der Waals surface area contributed by atoms with E-state index < -0.39 is 35.9 Å². The van der Waals surface area contributed by atoms with E-state index >= 15 is 0 Å². The Labute approximate surface area is 238 Å². The number of carbonyl (C=O) groups is 3. The van der Waals surface area contributed by atoms with Gasteiger partial charge < -0.3 is 34.8 Å². The minimum absolute atomic E-state index is 0.0117. The van der Waals surface area contributed by atoms with Crippen molar-refractivity contribution in [1.29, 1.82) is 0 Å². The van der Waals surface area contributed by atoms with Crippen molar-refractivity contribution in [3.8, 4) is 0 Å². The number of carbonyl (C=O) groups excluding carboxylic acids is 2. The summed E-state index contributed by atoms with van der Waals surface area (Å²) in [7, 11) is 0. The fourth-order valence-corrected chi connectivity index (χ4v) is 3.80. The number of ether oxygens (including phenoxy) is 2. The molecule has 2 amide bonds. The number of unbranched alkanes of at least 4 members (excludes halogenated alkanes) is 1. The van der Waals surface area contributed by atoms with E-state index in [2.05, 4.69) is 20.8 Å². The molecule has 41 heavy (non-hydrogen) atoms. The van der Waals surface area contributed by atoms with Gasteiger partial charge >= 0.3 is 18.2 Å². The van der Waals surface area contributed by atoms with Gasteiger partial charge in [-0.05, 0) is 63.3 Å². The summed E-state index contributed by atoms with van der Waals surface area (Å²) in [5.74, 6) is -0.822. The molecule has 0 fully saturated rings. The van der Waals surface area contributed by atoms with Gasteiger partial charge in [0.15, 0.2) is 0 Å². The van der Waals surface area contributed by atoms with Crippen LogP contribution in [0.25, 0.3) is 0 Å². The Morgan fingerprint density at radius 1 is 0.976 bits per heavy atom. The van der Waals surface area contributed by atoms with Crippen molar-refractivity contribution >= 4 is 18.2 Å². The quantitative estimate of drug-likeness (QED) is 0.217.